The second-order valence-electron chi connectivity index (χ2n) is 5.44. The van der Waals surface area contributed by atoms with Crippen LogP contribution in [0.1, 0.15) is 31.2 Å². The van der Waals surface area contributed by atoms with E-state index in [0.29, 0.717) is 18.2 Å². The molecule has 2 aromatic rings. The highest BCUT2D eigenvalue weighted by atomic mass is 16.5. The van der Waals surface area contributed by atoms with Crippen LogP contribution in [0.2, 0.25) is 0 Å². The smallest absolute Gasteiger partial charge is 0.222 e. The minimum Gasteiger partial charge on any atom is -0.482 e. The molecule has 0 aliphatic heterocycles. The Labute approximate surface area is 135 Å². The molecule has 8 heteroatoms. The summed E-state index contributed by atoms with van der Waals surface area (Å²) >= 11 is 0. The molecule has 0 amide bonds. The van der Waals surface area contributed by atoms with Crippen LogP contribution in [0.5, 0.6) is 5.75 Å². The van der Waals surface area contributed by atoms with Gasteiger partial charge in [-0.15, -0.1) is 0 Å². The summed E-state index contributed by atoms with van der Waals surface area (Å²) in [5, 5.41) is 16.9. The molecule has 0 saturated carbocycles. The van der Waals surface area contributed by atoms with Gasteiger partial charge >= 0.3 is 0 Å². The van der Waals surface area contributed by atoms with Gasteiger partial charge in [0, 0.05) is 12.7 Å². The Morgan fingerprint density at radius 3 is 2.87 bits per heavy atom. The lowest BCUT2D eigenvalue weighted by molar-refractivity contribution is 0.266. The first-order valence-electron chi connectivity index (χ1n) is 7.65. The lowest BCUT2D eigenvalue weighted by atomic mass is 10.2. The third-order valence-corrected chi connectivity index (χ3v) is 3.51. The van der Waals surface area contributed by atoms with E-state index in [9.17, 15) is 5.11 Å². The summed E-state index contributed by atoms with van der Waals surface area (Å²) in [6.07, 6.45) is 3.29. The maximum absolute atomic E-state index is 9.43. The van der Waals surface area contributed by atoms with E-state index in [1.165, 1.54) is 6.20 Å². The monoisotopic (exact) mass is 320 g/mol. The van der Waals surface area contributed by atoms with Crippen molar-refractivity contribution >= 4 is 11.8 Å². The largest absolute Gasteiger partial charge is 0.482 e. The van der Waals surface area contributed by atoms with E-state index in [0.717, 1.165) is 24.2 Å². The molecular weight excluding hydrogens is 296 g/mol. The van der Waals surface area contributed by atoms with Crippen molar-refractivity contribution in [3.8, 4) is 5.75 Å². The summed E-state index contributed by atoms with van der Waals surface area (Å²) in [7, 11) is 1.88. The SMILES string of the molecule is CCC[C@@H](CO)Nc1nc(N)ncc1OCc1cc(C)n(C)n1. The topological polar surface area (TPSA) is 111 Å². The fourth-order valence-corrected chi connectivity index (χ4v) is 2.20. The van der Waals surface area contributed by atoms with Crippen molar-refractivity contribution in [2.24, 2.45) is 7.05 Å². The third kappa shape index (κ3) is 4.56. The first-order valence-corrected chi connectivity index (χ1v) is 7.65. The molecule has 2 aromatic heterocycles. The van der Waals surface area contributed by atoms with Crippen LogP contribution < -0.4 is 15.8 Å². The van der Waals surface area contributed by atoms with Gasteiger partial charge in [-0.3, -0.25) is 4.68 Å². The number of nitrogen functional groups attached to an aromatic ring is 1. The van der Waals surface area contributed by atoms with Crippen LogP contribution in [0.15, 0.2) is 12.3 Å². The molecule has 4 N–H and O–H groups in total. The van der Waals surface area contributed by atoms with Gasteiger partial charge < -0.3 is 20.9 Å². The van der Waals surface area contributed by atoms with Crippen molar-refractivity contribution in [2.45, 2.75) is 39.3 Å². The zero-order chi connectivity index (χ0) is 16.8. The molecule has 8 nitrogen and oxygen atoms in total. The summed E-state index contributed by atoms with van der Waals surface area (Å²) in [5.41, 5.74) is 7.53. The molecule has 2 rings (SSSR count). The number of aliphatic hydroxyl groups is 1. The van der Waals surface area contributed by atoms with Crippen molar-refractivity contribution in [1.29, 1.82) is 0 Å². The molecule has 0 aliphatic rings. The van der Waals surface area contributed by atoms with Crippen LogP contribution in [0, 0.1) is 6.92 Å². The molecule has 0 saturated heterocycles. The van der Waals surface area contributed by atoms with Crippen molar-refractivity contribution in [3.05, 3.63) is 23.7 Å². The lowest BCUT2D eigenvalue weighted by Gasteiger charge is -2.18. The maximum atomic E-state index is 9.43. The van der Waals surface area contributed by atoms with Crippen LogP contribution in [-0.2, 0) is 13.7 Å². The van der Waals surface area contributed by atoms with Gasteiger partial charge in [0.1, 0.15) is 12.3 Å². The average molecular weight is 320 g/mol. The second kappa shape index (κ2) is 7.77. The van der Waals surface area contributed by atoms with E-state index in [-0.39, 0.29) is 18.6 Å². The molecule has 0 unspecified atom stereocenters. The number of rotatable bonds is 8. The number of hydrogen-bond donors (Lipinski definition) is 3. The molecule has 0 spiro atoms. The standard InChI is InChI=1S/C15H24N6O2/c1-4-5-11(8-22)18-14-13(7-17-15(16)19-14)23-9-12-6-10(2)21(3)20-12/h6-7,11,22H,4-5,8-9H2,1-3H3,(H3,16,17,18,19)/t11-/m0/s1. The van der Waals surface area contributed by atoms with Crippen molar-refractivity contribution in [3.63, 3.8) is 0 Å². The Kier molecular flexibility index (Phi) is 5.75. The van der Waals surface area contributed by atoms with Gasteiger partial charge in [-0.2, -0.15) is 10.1 Å². The molecule has 126 valence electrons. The molecule has 1 atom stereocenters. The highest BCUT2D eigenvalue weighted by Gasteiger charge is 2.13. The van der Waals surface area contributed by atoms with Crippen LogP contribution in [0.4, 0.5) is 11.8 Å². The highest BCUT2D eigenvalue weighted by molar-refractivity contribution is 5.51. The number of aromatic nitrogens is 4. The fraction of sp³-hybridized carbons (Fsp3) is 0.533. The summed E-state index contributed by atoms with van der Waals surface area (Å²) in [5.74, 6) is 1.12. The van der Waals surface area contributed by atoms with Crippen LogP contribution in [0.3, 0.4) is 0 Å². The highest BCUT2D eigenvalue weighted by Crippen LogP contribution is 2.24. The summed E-state index contributed by atoms with van der Waals surface area (Å²) < 4.78 is 7.56. The summed E-state index contributed by atoms with van der Waals surface area (Å²) in [6, 6.07) is 1.85. The van der Waals surface area contributed by atoms with Gasteiger partial charge in [0.2, 0.25) is 5.95 Å². The first kappa shape index (κ1) is 17.0. The van der Waals surface area contributed by atoms with Gasteiger partial charge in [-0.05, 0) is 19.4 Å². The fourth-order valence-electron chi connectivity index (χ4n) is 2.20. The minimum atomic E-state index is -0.103. The van der Waals surface area contributed by atoms with Crippen molar-refractivity contribution in [2.75, 3.05) is 17.7 Å². The third-order valence-electron chi connectivity index (χ3n) is 3.51. The molecule has 0 radical (unpaired) electrons. The van der Waals surface area contributed by atoms with E-state index in [1.807, 2.05) is 20.0 Å². The number of aliphatic hydroxyl groups excluding tert-OH is 1. The van der Waals surface area contributed by atoms with Gasteiger partial charge in [0.05, 0.1) is 18.8 Å². The normalized spacial score (nSPS) is 12.2. The molecule has 0 fully saturated rings. The zero-order valence-electron chi connectivity index (χ0n) is 13.8. The van der Waals surface area contributed by atoms with Gasteiger partial charge in [-0.25, -0.2) is 4.98 Å². The Morgan fingerprint density at radius 1 is 1.48 bits per heavy atom. The number of nitrogens with zero attached hydrogens (tertiary/aromatic N) is 4. The predicted molar refractivity (Wildman–Crippen MR) is 88.1 cm³/mol. The summed E-state index contributed by atoms with van der Waals surface area (Å²) in [4.78, 5) is 8.14. The van der Waals surface area contributed by atoms with Gasteiger partial charge in [-0.1, -0.05) is 13.3 Å². The average Bonchev–Trinajstić information content (AvgIpc) is 2.84. The quantitative estimate of drug-likeness (QED) is 0.671. The Morgan fingerprint density at radius 2 is 2.26 bits per heavy atom. The van der Waals surface area contributed by atoms with E-state index in [2.05, 4.69) is 27.3 Å². The van der Waals surface area contributed by atoms with Gasteiger partial charge in [0.15, 0.2) is 11.6 Å². The molecule has 23 heavy (non-hydrogen) atoms. The predicted octanol–water partition coefficient (Wildman–Crippen LogP) is 1.25. The molecular formula is C15H24N6O2. The molecule has 0 aliphatic carbocycles. The molecule has 0 aromatic carbocycles. The van der Waals surface area contributed by atoms with E-state index in [4.69, 9.17) is 10.5 Å². The van der Waals surface area contributed by atoms with E-state index < -0.39 is 0 Å². The minimum absolute atomic E-state index is 0.0105. The lowest BCUT2D eigenvalue weighted by Crippen LogP contribution is -2.24. The Hall–Kier alpha value is -2.35. The zero-order valence-corrected chi connectivity index (χ0v) is 13.8. The number of nitrogens with two attached hydrogens (primary N) is 1. The molecule has 0 bridgehead atoms. The number of ether oxygens (including phenoxy) is 1. The van der Waals surface area contributed by atoms with Gasteiger partial charge in [0.25, 0.3) is 0 Å². The Bertz CT molecular complexity index is 623. The van der Waals surface area contributed by atoms with Crippen LogP contribution in [-0.4, -0.2) is 37.5 Å². The molecule has 2 heterocycles. The van der Waals surface area contributed by atoms with Crippen molar-refractivity contribution in [1.82, 2.24) is 19.7 Å². The summed E-state index contributed by atoms with van der Waals surface area (Å²) in [6.45, 7) is 4.35. The number of anilines is 2. The maximum Gasteiger partial charge on any atom is 0.222 e. The van der Waals surface area contributed by atoms with E-state index in [1.54, 1.807) is 4.68 Å². The van der Waals surface area contributed by atoms with E-state index >= 15 is 0 Å². The van der Waals surface area contributed by atoms with Crippen LogP contribution in [0.25, 0.3) is 0 Å². The number of hydrogen-bond acceptors (Lipinski definition) is 7. The van der Waals surface area contributed by atoms with Crippen LogP contribution >= 0.6 is 0 Å². The number of aryl methyl sites for hydroxylation is 2. The number of nitrogens with one attached hydrogen (secondary N) is 1. The second-order valence-corrected chi connectivity index (χ2v) is 5.44. The first-order chi connectivity index (χ1) is 11.0. The Balaban J connectivity index is 2.11. The van der Waals surface area contributed by atoms with Crippen molar-refractivity contribution < 1.29 is 9.84 Å².